The summed E-state index contributed by atoms with van der Waals surface area (Å²) in [5.74, 6) is 1.27. The third kappa shape index (κ3) is 3.37. The van der Waals surface area contributed by atoms with E-state index in [-0.39, 0.29) is 6.54 Å². The molecule has 2 atom stereocenters. The molecule has 0 aromatic carbocycles. The topological polar surface area (TPSA) is 3.24 Å². The number of nitrogens with zero attached hydrogens (tertiary/aromatic N) is 1. The summed E-state index contributed by atoms with van der Waals surface area (Å²) in [6.07, 6.45) is 1.15. The van der Waals surface area contributed by atoms with Gasteiger partial charge in [0.05, 0.1) is 0 Å². The molecule has 0 saturated heterocycles. The van der Waals surface area contributed by atoms with E-state index in [4.69, 9.17) is 0 Å². The minimum absolute atomic E-state index is 0.0489. The second-order valence-electron chi connectivity index (χ2n) is 4.40. The molecule has 14 heavy (non-hydrogen) atoms. The Labute approximate surface area is 83.0 Å². The van der Waals surface area contributed by atoms with Crippen LogP contribution in [0, 0.1) is 11.8 Å². The highest BCUT2D eigenvalue weighted by Gasteiger charge is 2.34. The molecule has 2 unspecified atom stereocenters. The Kier molecular flexibility index (Phi) is 3.30. The highest BCUT2D eigenvalue weighted by Crippen LogP contribution is 2.38. The molecule has 0 heterocycles. The highest BCUT2D eigenvalue weighted by atomic mass is 19.4. The molecule has 0 aromatic rings. The third-order valence-electron chi connectivity index (χ3n) is 2.76. The SMILES string of the molecule is C=C(CN(C)CC1CC1C)[B-](F)(F)F. The van der Waals surface area contributed by atoms with Crippen LogP contribution in [0.3, 0.4) is 0 Å². The highest BCUT2D eigenvalue weighted by molar-refractivity contribution is 6.66. The molecule has 5 heteroatoms. The van der Waals surface area contributed by atoms with Gasteiger partial charge in [0.1, 0.15) is 0 Å². The zero-order chi connectivity index (χ0) is 10.9. The second kappa shape index (κ2) is 3.97. The van der Waals surface area contributed by atoms with Crippen LogP contribution in [0.25, 0.3) is 0 Å². The lowest BCUT2D eigenvalue weighted by Gasteiger charge is -2.24. The fourth-order valence-corrected chi connectivity index (χ4v) is 1.57. The van der Waals surface area contributed by atoms with Gasteiger partial charge in [0.15, 0.2) is 0 Å². The molecule has 1 rings (SSSR count). The molecule has 1 aliphatic carbocycles. The molecule has 0 radical (unpaired) electrons. The number of hydrogen-bond donors (Lipinski definition) is 0. The summed E-state index contributed by atoms with van der Waals surface area (Å²) in [4.78, 5) is 1.71. The standard InChI is InChI=1S/C9H16BF3N/c1-7-4-9(7)6-14(3)5-8(2)10(11,12)13/h7,9H,2,4-6H2,1,3H3/q-1. The Bertz CT molecular complexity index is 227. The van der Waals surface area contributed by atoms with Gasteiger partial charge in [0.2, 0.25) is 0 Å². The zero-order valence-corrected chi connectivity index (χ0v) is 8.64. The van der Waals surface area contributed by atoms with Crippen LogP contribution in [0.2, 0.25) is 0 Å². The molecule has 1 saturated carbocycles. The van der Waals surface area contributed by atoms with E-state index < -0.39 is 12.4 Å². The van der Waals surface area contributed by atoms with Crippen LogP contribution in [0.5, 0.6) is 0 Å². The summed E-state index contributed by atoms with van der Waals surface area (Å²) in [5.41, 5.74) is -0.596. The molecule has 1 aliphatic rings. The maximum Gasteiger partial charge on any atom is 0.506 e. The van der Waals surface area contributed by atoms with Crippen molar-refractivity contribution >= 4 is 6.98 Å². The van der Waals surface area contributed by atoms with Crippen LogP contribution in [0.1, 0.15) is 13.3 Å². The van der Waals surface area contributed by atoms with Crippen molar-refractivity contribution in [2.45, 2.75) is 13.3 Å². The molecular weight excluding hydrogens is 190 g/mol. The molecule has 82 valence electrons. The Morgan fingerprint density at radius 1 is 1.50 bits per heavy atom. The largest absolute Gasteiger partial charge is 0.506 e. The van der Waals surface area contributed by atoms with Crippen molar-refractivity contribution in [2.24, 2.45) is 11.8 Å². The Hall–Kier alpha value is -0.445. The van der Waals surface area contributed by atoms with Crippen molar-refractivity contribution < 1.29 is 12.9 Å². The summed E-state index contributed by atoms with van der Waals surface area (Å²) in [5, 5.41) is 0. The van der Waals surface area contributed by atoms with Gasteiger partial charge in [-0.15, -0.1) is 12.1 Å². The summed E-state index contributed by atoms with van der Waals surface area (Å²) in [6.45, 7) is 1.05. The number of hydrogen-bond acceptors (Lipinski definition) is 1. The maximum absolute atomic E-state index is 12.2. The minimum Gasteiger partial charge on any atom is -0.445 e. The first-order chi connectivity index (χ1) is 6.30. The molecule has 0 spiro atoms. The smallest absolute Gasteiger partial charge is 0.445 e. The molecule has 0 N–H and O–H groups in total. The lowest BCUT2D eigenvalue weighted by atomic mass is 9.80. The van der Waals surface area contributed by atoms with Crippen LogP contribution in [0.4, 0.5) is 12.9 Å². The van der Waals surface area contributed by atoms with Gasteiger partial charge in [-0.2, -0.15) is 0 Å². The van der Waals surface area contributed by atoms with E-state index in [1.54, 1.807) is 11.9 Å². The lowest BCUT2D eigenvalue weighted by Crippen LogP contribution is -2.31. The van der Waals surface area contributed by atoms with Crippen molar-refractivity contribution in [1.82, 2.24) is 4.90 Å². The Morgan fingerprint density at radius 2 is 2.00 bits per heavy atom. The number of halogens is 3. The second-order valence-corrected chi connectivity index (χ2v) is 4.40. The van der Waals surface area contributed by atoms with Crippen LogP contribution in [-0.2, 0) is 0 Å². The average Bonchev–Trinajstić information content (AvgIpc) is 2.63. The number of rotatable bonds is 5. The summed E-state index contributed by atoms with van der Waals surface area (Å²) in [6, 6.07) is 0. The van der Waals surface area contributed by atoms with Crippen molar-refractivity contribution in [3.05, 3.63) is 12.1 Å². The van der Waals surface area contributed by atoms with Gasteiger partial charge in [-0.1, -0.05) is 6.92 Å². The Balaban J connectivity index is 2.26. The van der Waals surface area contributed by atoms with Gasteiger partial charge in [-0.3, -0.25) is 0 Å². The van der Waals surface area contributed by atoms with Gasteiger partial charge in [-0.05, 0) is 31.8 Å². The quantitative estimate of drug-likeness (QED) is 0.624. The predicted octanol–water partition coefficient (Wildman–Crippen LogP) is 2.52. The first-order valence-corrected chi connectivity index (χ1v) is 4.87. The summed E-state index contributed by atoms with van der Waals surface area (Å²) in [7, 11) is 1.72. The molecule has 0 bridgehead atoms. The summed E-state index contributed by atoms with van der Waals surface area (Å²) < 4.78 is 36.5. The molecule has 1 fully saturated rings. The van der Waals surface area contributed by atoms with Crippen LogP contribution in [-0.4, -0.2) is 32.0 Å². The summed E-state index contributed by atoms with van der Waals surface area (Å²) >= 11 is 0. The molecule has 1 nitrogen and oxygen atoms in total. The van der Waals surface area contributed by atoms with Crippen molar-refractivity contribution in [1.29, 1.82) is 0 Å². The zero-order valence-electron chi connectivity index (χ0n) is 8.64. The van der Waals surface area contributed by atoms with E-state index in [0.29, 0.717) is 11.8 Å². The maximum atomic E-state index is 12.2. The molecule has 0 amide bonds. The van der Waals surface area contributed by atoms with Gasteiger partial charge in [0.25, 0.3) is 0 Å². The normalized spacial score (nSPS) is 26.7. The molecule has 0 aromatic heterocycles. The fraction of sp³-hybridized carbons (Fsp3) is 0.778. The van der Waals surface area contributed by atoms with Gasteiger partial charge >= 0.3 is 6.98 Å². The van der Waals surface area contributed by atoms with Crippen molar-refractivity contribution in [3.8, 4) is 0 Å². The van der Waals surface area contributed by atoms with E-state index in [9.17, 15) is 12.9 Å². The van der Waals surface area contributed by atoms with Gasteiger partial charge in [-0.25, -0.2) is 0 Å². The third-order valence-corrected chi connectivity index (χ3v) is 2.76. The fourth-order valence-electron chi connectivity index (χ4n) is 1.57. The lowest BCUT2D eigenvalue weighted by molar-refractivity contribution is 0.336. The van der Waals surface area contributed by atoms with E-state index in [0.717, 1.165) is 13.0 Å². The van der Waals surface area contributed by atoms with E-state index in [1.165, 1.54) is 0 Å². The average molecular weight is 206 g/mol. The van der Waals surface area contributed by atoms with Crippen molar-refractivity contribution in [3.63, 3.8) is 0 Å². The first-order valence-electron chi connectivity index (χ1n) is 4.87. The Morgan fingerprint density at radius 3 is 2.36 bits per heavy atom. The van der Waals surface area contributed by atoms with Crippen molar-refractivity contribution in [2.75, 3.05) is 20.1 Å². The monoisotopic (exact) mass is 206 g/mol. The van der Waals surface area contributed by atoms with E-state index >= 15 is 0 Å². The van der Waals surface area contributed by atoms with Gasteiger partial charge < -0.3 is 17.8 Å². The predicted molar refractivity (Wildman–Crippen MR) is 53.0 cm³/mol. The van der Waals surface area contributed by atoms with Crippen LogP contribution >= 0.6 is 0 Å². The van der Waals surface area contributed by atoms with Crippen LogP contribution < -0.4 is 0 Å². The molecule has 0 aliphatic heterocycles. The van der Waals surface area contributed by atoms with E-state index in [2.05, 4.69) is 13.5 Å². The van der Waals surface area contributed by atoms with E-state index in [1.807, 2.05) is 0 Å². The van der Waals surface area contributed by atoms with Gasteiger partial charge in [0, 0.05) is 6.54 Å². The van der Waals surface area contributed by atoms with Crippen LogP contribution in [0.15, 0.2) is 12.1 Å². The number of likely N-dealkylation sites (N-methyl/N-ethyl adjacent to an activating group) is 1. The minimum atomic E-state index is -4.86. The molecular formula is C9H16BF3N-. The first kappa shape index (κ1) is 11.6.